The van der Waals surface area contributed by atoms with Gasteiger partial charge in [-0.25, -0.2) is 11.3 Å². The summed E-state index contributed by atoms with van der Waals surface area (Å²) in [4.78, 5) is 5.24. The van der Waals surface area contributed by atoms with Gasteiger partial charge in [-0.1, -0.05) is 42.4 Å². The number of aryl methyl sites for hydroxylation is 1. The fourth-order valence-corrected chi connectivity index (χ4v) is 1.84. The fourth-order valence-electron chi connectivity index (χ4n) is 0.968. The van der Waals surface area contributed by atoms with Crippen molar-refractivity contribution in [1.82, 2.24) is 4.98 Å². The zero-order chi connectivity index (χ0) is 8.97. The SMILES string of the molecule is CC.Cc1cc2cn[c-]cc2s1.[K+]. The van der Waals surface area contributed by atoms with Crippen LogP contribution in [0, 0.1) is 13.1 Å². The predicted octanol–water partition coefficient (Wildman–Crippen LogP) is 0.435. The zero-order valence-electron chi connectivity index (χ0n) is 8.59. The van der Waals surface area contributed by atoms with Crippen LogP contribution in [0.4, 0.5) is 0 Å². The molecular formula is C10H12KNS. The van der Waals surface area contributed by atoms with Crippen LogP contribution in [-0.4, -0.2) is 4.98 Å². The van der Waals surface area contributed by atoms with E-state index in [4.69, 9.17) is 0 Å². The third-order valence-electron chi connectivity index (χ3n) is 1.39. The first-order valence-electron chi connectivity index (χ1n) is 4.08. The third kappa shape index (κ3) is 3.78. The second-order valence-corrected chi connectivity index (χ2v) is 3.50. The van der Waals surface area contributed by atoms with Crippen molar-refractivity contribution in [2.45, 2.75) is 20.8 Å². The van der Waals surface area contributed by atoms with Crippen molar-refractivity contribution in [2.75, 3.05) is 0 Å². The minimum Gasteiger partial charge on any atom is -0.394 e. The van der Waals surface area contributed by atoms with Crippen LogP contribution in [0.2, 0.25) is 0 Å². The first kappa shape index (κ1) is 13.7. The van der Waals surface area contributed by atoms with Gasteiger partial charge in [0.15, 0.2) is 0 Å². The van der Waals surface area contributed by atoms with Gasteiger partial charge in [0.2, 0.25) is 0 Å². The van der Waals surface area contributed by atoms with E-state index in [1.54, 1.807) is 11.3 Å². The van der Waals surface area contributed by atoms with Gasteiger partial charge < -0.3 is 4.98 Å². The molecule has 0 N–H and O–H groups in total. The van der Waals surface area contributed by atoms with Gasteiger partial charge in [-0.2, -0.15) is 0 Å². The first-order valence-corrected chi connectivity index (χ1v) is 4.90. The molecule has 0 saturated heterocycles. The molecule has 0 aliphatic carbocycles. The average Bonchev–Trinajstić information content (AvgIpc) is 2.48. The van der Waals surface area contributed by atoms with E-state index in [0.29, 0.717) is 0 Å². The average molecular weight is 217 g/mol. The number of hydrogen-bond donors (Lipinski definition) is 0. The molecule has 0 aliphatic heterocycles. The maximum atomic E-state index is 3.91. The molecule has 0 spiro atoms. The van der Waals surface area contributed by atoms with Gasteiger partial charge in [-0.3, -0.25) is 0 Å². The van der Waals surface area contributed by atoms with E-state index in [1.807, 2.05) is 26.1 Å². The van der Waals surface area contributed by atoms with Crippen molar-refractivity contribution in [3.05, 3.63) is 29.4 Å². The Labute approximate surface area is 126 Å². The predicted molar refractivity (Wildman–Crippen MR) is 54.5 cm³/mol. The summed E-state index contributed by atoms with van der Waals surface area (Å²) in [5.41, 5.74) is 0. The monoisotopic (exact) mass is 217 g/mol. The molecule has 2 rings (SSSR count). The molecule has 3 heteroatoms. The molecule has 2 heterocycles. The largest absolute Gasteiger partial charge is 1.00 e. The van der Waals surface area contributed by atoms with Crippen LogP contribution in [0.15, 0.2) is 18.3 Å². The second kappa shape index (κ2) is 7.09. The number of thiophene rings is 1. The van der Waals surface area contributed by atoms with E-state index >= 15 is 0 Å². The van der Waals surface area contributed by atoms with Gasteiger partial charge in [0.25, 0.3) is 0 Å². The number of pyridine rings is 1. The Hall–Kier alpha value is 0.746. The summed E-state index contributed by atoms with van der Waals surface area (Å²) in [7, 11) is 0. The Bertz CT molecular complexity index is 323. The molecule has 64 valence electrons. The molecule has 0 radical (unpaired) electrons. The van der Waals surface area contributed by atoms with Gasteiger partial charge >= 0.3 is 51.4 Å². The zero-order valence-corrected chi connectivity index (χ0v) is 12.5. The van der Waals surface area contributed by atoms with Gasteiger partial charge in [-0.05, 0) is 11.8 Å². The van der Waals surface area contributed by atoms with Crippen LogP contribution >= 0.6 is 11.3 Å². The van der Waals surface area contributed by atoms with E-state index in [0.717, 1.165) is 0 Å². The molecule has 0 aliphatic rings. The number of nitrogens with zero attached hydrogens (tertiary/aromatic N) is 1. The Kier molecular flexibility index (Phi) is 7.50. The Morgan fingerprint density at radius 3 is 2.69 bits per heavy atom. The molecule has 0 aromatic carbocycles. The molecule has 13 heavy (non-hydrogen) atoms. The van der Waals surface area contributed by atoms with Crippen molar-refractivity contribution in [1.29, 1.82) is 0 Å². The molecule has 0 fully saturated rings. The topological polar surface area (TPSA) is 12.9 Å². The number of hydrogen-bond acceptors (Lipinski definition) is 2. The van der Waals surface area contributed by atoms with Crippen molar-refractivity contribution in [2.24, 2.45) is 0 Å². The number of fused-ring (bicyclic) bond motifs is 1. The number of aromatic nitrogens is 1. The standard InChI is InChI=1S/C8H6NS.C2H6.K/c1-6-4-7-5-9-3-2-8(7)10-6;1-2;/h2,4-5H,1H3;1-2H3;/q-1;;+1. The van der Waals surface area contributed by atoms with Gasteiger partial charge in [0.1, 0.15) is 0 Å². The molecule has 0 atom stereocenters. The van der Waals surface area contributed by atoms with E-state index in [9.17, 15) is 0 Å². The third-order valence-corrected chi connectivity index (χ3v) is 2.40. The van der Waals surface area contributed by atoms with Gasteiger partial charge in [0.05, 0.1) is 0 Å². The maximum absolute atomic E-state index is 3.91. The van der Waals surface area contributed by atoms with Crippen LogP contribution in [0.1, 0.15) is 18.7 Å². The molecule has 2 aromatic heterocycles. The Morgan fingerprint density at radius 1 is 1.38 bits per heavy atom. The number of rotatable bonds is 0. The quantitative estimate of drug-likeness (QED) is 0.461. The minimum absolute atomic E-state index is 0. The molecular weight excluding hydrogens is 205 g/mol. The Morgan fingerprint density at radius 2 is 2.08 bits per heavy atom. The summed E-state index contributed by atoms with van der Waals surface area (Å²) in [5.74, 6) is 0. The summed E-state index contributed by atoms with van der Waals surface area (Å²) in [5, 5.41) is 1.22. The molecule has 0 bridgehead atoms. The van der Waals surface area contributed by atoms with Gasteiger partial charge in [-0.15, -0.1) is 6.07 Å². The van der Waals surface area contributed by atoms with Crippen molar-refractivity contribution >= 4 is 21.4 Å². The maximum Gasteiger partial charge on any atom is 1.00 e. The van der Waals surface area contributed by atoms with E-state index in [1.165, 1.54) is 15.0 Å². The molecule has 0 unspecified atom stereocenters. The second-order valence-electron chi connectivity index (χ2n) is 2.21. The van der Waals surface area contributed by atoms with Crippen LogP contribution in [-0.2, 0) is 0 Å². The summed E-state index contributed by atoms with van der Waals surface area (Å²) in [6, 6.07) is 4.06. The summed E-state index contributed by atoms with van der Waals surface area (Å²) in [6.07, 6.45) is 4.66. The fraction of sp³-hybridized carbons (Fsp3) is 0.300. The van der Waals surface area contributed by atoms with Crippen LogP contribution in [0.3, 0.4) is 0 Å². The Balaban J connectivity index is 0.000000451. The molecule has 0 amide bonds. The van der Waals surface area contributed by atoms with E-state index in [2.05, 4.69) is 24.2 Å². The van der Waals surface area contributed by atoms with Crippen LogP contribution in [0.25, 0.3) is 10.1 Å². The first-order chi connectivity index (χ1) is 5.86. The van der Waals surface area contributed by atoms with Crippen molar-refractivity contribution in [3.63, 3.8) is 0 Å². The van der Waals surface area contributed by atoms with E-state index < -0.39 is 0 Å². The molecule has 1 nitrogen and oxygen atoms in total. The molecule has 2 aromatic rings. The summed E-state index contributed by atoms with van der Waals surface area (Å²) < 4.78 is 1.27. The van der Waals surface area contributed by atoms with E-state index in [-0.39, 0.29) is 51.4 Å². The van der Waals surface area contributed by atoms with Gasteiger partial charge in [0, 0.05) is 0 Å². The van der Waals surface area contributed by atoms with Crippen molar-refractivity contribution in [3.8, 4) is 0 Å². The van der Waals surface area contributed by atoms with Crippen LogP contribution < -0.4 is 51.4 Å². The minimum atomic E-state index is 0. The molecule has 0 saturated carbocycles. The normalized spacial score (nSPS) is 8.54. The van der Waals surface area contributed by atoms with Crippen LogP contribution in [0.5, 0.6) is 0 Å². The smallest absolute Gasteiger partial charge is 0.394 e. The summed E-state index contributed by atoms with van der Waals surface area (Å²) in [6.45, 7) is 6.10. The van der Waals surface area contributed by atoms with Crippen molar-refractivity contribution < 1.29 is 51.4 Å². The summed E-state index contributed by atoms with van der Waals surface area (Å²) >= 11 is 1.78.